The molecule has 16 heavy (non-hydrogen) atoms. The molecule has 92 valence electrons. The monoisotopic (exact) mass is 222 g/mol. The van der Waals surface area contributed by atoms with Crippen molar-refractivity contribution < 1.29 is 4.74 Å². The summed E-state index contributed by atoms with van der Waals surface area (Å²) in [6.45, 7) is 9.57. The van der Waals surface area contributed by atoms with Crippen molar-refractivity contribution in [2.45, 2.75) is 77.4 Å². The summed E-state index contributed by atoms with van der Waals surface area (Å²) in [4.78, 5) is 0. The summed E-state index contributed by atoms with van der Waals surface area (Å²) in [6.07, 6.45) is 8.29. The Hall–Kier alpha value is -0.0400. The van der Waals surface area contributed by atoms with E-state index < -0.39 is 0 Å². The molecule has 0 radical (unpaired) electrons. The Morgan fingerprint density at radius 3 is 2.56 bits per heavy atom. The Morgan fingerprint density at radius 2 is 1.81 bits per heavy atom. The molecule has 3 rings (SSSR count). The van der Waals surface area contributed by atoms with Crippen molar-refractivity contribution in [3.05, 3.63) is 0 Å². The molecule has 1 heteroatoms. The first-order valence-electron chi connectivity index (χ1n) is 7.10. The SMILES string of the molecule is C[C@H]1CCC[C@]2(C)CC[C@H]3CC12OC3(C)C. The molecule has 1 spiro atoms. The number of fused-ring (bicyclic) bond motifs is 1. The number of rotatable bonds is 0. The lowest BCUT2D eigenvalue weighted by Crippen LogP contribution is -2.55. The predicted molar refractivity (Wildman–Crippen MR) is 66.4 cm³/mol. The van der Waals surface area contributed by atoms with Gasteiger partial charge in [0.1, 0.15) is 0 Å². The van der Waals surface area contributed by atoms with Crippen molar-refractivity contribution in [1.82, 2.24) is 0 Å². The van der Waals surface area contributed by atoms with Crippen molar-refractivity contribution in [3.8, 4) is 0 Å². The third-order valence-electron chi connectivity index (χ3n) is 6.21. The normalized spacial score (nSPS) is 54.8. The van der Waals surface area contributed by atoms with Crippen LogP contribution in [0.2, 0.25) is 0 Å². The van der Waals surface area contributed by atoms with E-state index >= 15 is 0 Å². The molecule has 0 aromatic rings. The first kappa shape index (κ1) is 11.1. The van der Waals surface area contributed by atoms with Crippen LogP contribution in [-0.4, -0.2) is 11.2 Å². The van der Waals surface area contributed by atoms with Gasteiger partial charge in [-0.15, -0.1) is 0 Å². The van der Waals surface area contributed by atoms with Gasteiger partial charge in [-0.3, -0.25) is 0 Å². The van der Waals surface area contributed by atoms with Crippen LogP contribution in [0.1, 0.15) is 66.2 Å². The molecule has 0 aromatic carbocycles. The van der Waals surface area contributed by atoms with E-state index in [-0.39, 0.29) is 11.2 Å². The van der Waals surface area contributed by atoms with Crippen LogP contribution in [0, 0.1) is 17.3 Å². The standard InChI is InChI=1S/C15H26O/c1-11-6-5-8-14(4)9-7-12-10-15(11,14)16-13(12,2)3/h11-12H,5-10H2,1-4H3/t11-,12-,14+,15?/m0/s1. The fourth-order valence-electron chi connectivity index (χ4n) is 4.99. The van der Waals surface area contributed by atoms with Crippen molar-refractivity contribution in [3.63, 3.8) is 0 Å². The van der Waals surface area contributed by atoms with Gasteiger partial charge in [-0.05, 0) is 63.2 Å². The topological polar surface area (TPSA) is 9.23 Å². The van der Waals surface area contributed by atoms with E-state index in [1.54, 1.807) is 0 Å². The minimum atomic E-state index is 0.128. The van der Waals surface area contributed by atoms with Crippen LogP contribution < -0.4 is 0 Å². The summed E-state index contributed by atoms with van der Waals surface area (Å²) in [6, 6.07) is 0. The first-order valence-corrected chi connectivity index (χ1v) is 7.10. The Morgan fingerprint density at radius 1 is 1.06 bits per heavy atom. The van der Waals surface area contributed by atoms with E-state index in [1.807, 2.05) is 0 Å². The Balaban J connectivity index is 2.04. The van der Waals surface area contributed by atoms with E-state index in [9.17, 15) is 0 Å². The maximum atomic E-state index is 6.68. The molecule has 2 aliphatic carbocycles. The van der Waals surface area contributed by atoms with E-state index in [4.69, 9.17) is 4.74 Å². The molecule has 2 bridgehead atoms. The predicted octanol–water partition coefficient (Wildman–Crippen LogP) is 4.16. The second kappa shape index (κ2) is 3.04. The molecular weight excluding hydrogens is 196 g/mol. The van der Waals surface area contributed by atoms with Gasteiger partial charge >= 0.3 is 0 Å². The van der Waals surface area contributed by atoms with Crippen LogP contribution in [0.3, 0.4) is 0 Å². The molecule has 0 amide bonds. The van der Waals surface area contributed by atoms with E-state index in [0.29, 0.717) is 5.41 Å². The summed E-state index contributed by atoms with van der Waals surface area (Å²) in [7, 11) is 0. The molecule has 3 aliphatic rings. The summed E-state index contributed by atoms with van der Waals surface area (Å²) in [5.74, 6) is 1.57. The van der Waals surface area contributed by atoms with Gasteiger partial charge in [0.25, 0.3) is 0 Å². The molecule has 0 aromatic heterocycles. The molecule has 1 nitrogen and oxygen atoms in total. The molecule has 1 heterocycles. The van der Waals surface area contributed by atoms with Gasteiger partial charge < -0.3 is 4.74 Å². The fraction of sp³-hybridized carbons (Fsp3) is 1.00. The molecule has 0 N–H and O–H groups in total. The van der Waals surface area contributed by atoms with Gasteiger partial charge in [-0.2, -0.15) is 0 Å². The number of hydrogen-bond donors (Lipinski definition) is 0. The van der Waals surface area contributed by atoms with Gasteiger partial charge in [0.15, 0.2) is 0 Å². The summed E-state index contributed by atoms with van der Waals surface area (Å²) < 4.78 is 6.68. The van der Waals surface area contributed by atoms with Gasteiger partial charge in [0, 0.05) is 0 Å². The summed E-state index contributed by atoms with van der Waals surface area (Å²) >= 11 is 0. The Kier molecular flexibility index (Phi) is 2.11. The molecule has 1 aliphatic heterocycles. The van der Waals surface area contributed by atoms with Crippen LogP contribution in [0.15, 0.2) is 0 Å². The van der Waals surface area contributed by atoms with E-state index in [0.717, 1.165) is 11.8 Å². The van der Waals surface area contributed by atoms with Crippen molar-refractivity contribution >= 4 is 0 Å². The quantitative estimate of drug-likeness (QED) is 0.598. The van der Waals surface area contributed by atoms with E-state index in [2.05, 4.69) is 27.7 Å². The molecular formula is C15H26O. The molecule has 1 saturated heterocycles. The maximum Gasteiger partial charge on any atom is 0.0772 e. The zero-order valence-electron chi connectivity index (χ0n) is 11.3. The highest BCUT2D eigenvalue weighted by Gasteiger charge is 2.65. The molecule has 2 saturated carbocycles. The van der Waals surface area contributed by atoms with Crippen LogP contribution in [0.4, 0.5) is 0 Å². The Labute approximate surface area is 99.9 Å². The van der Waals surface area contributed by atoms with Crippen LogP contribution in [0.25, 0.3) is 0 Å². The second-order valence-corrected chi connectivity index (χ2v) is 7.39. The van der Waals surface area contributed by atoms with Crippen LogP contribution >= 0.6 is 0 Å². The van der Waals surface area contributed by atoms with Gasteiger partial charge in [-0.1, -0.05) is 20.3 Å². The number of ether oxygens (including phenoxy) is 1. The van der Waals surface area contributed by atoms with Crippen molar-refractivity contribution in [2.24, 2.45) is 17.3 Å². The lowest BCUT2D eigenvalue weighted by atomic mass is 9.53. The van der Waals surface area contributed by atoms with E-state index in [1.165, 1.54) is 38.5 Å². The minimum absolute atomic E-state index is 0.128. The highest BCUT2D eigenvalue weighted by atomic mass is 16.5. The van der Waals surface area contributed by atoms with Crippen LogP contribution in [0.5, 0.6) is 0 Å². The largest absolute Gasteiger partial charge is 0.368 e. The van der Waals surface area contributed by atoms with Crippen LogP contribution in [-0.2, 0) is 4.74 Å². The van der Waals surface area contributed by atoms with Gasteiger partial charge in [-0.25, -0.2) is 0 Å². The lowest BCUT2D eigenvalue weighted by molar-refractivity contribution is -0.192. The third kappa shape index (κ3) is 1.16. The lowest BCUT2D eigenvalue weighted by Gasteiger charge is -2.55. The maximum absolute atomic E-state index is 6.68. The second-order valence-electron chi connectivity index (χ2n) is 7.39. The molecule has 1 unspecified atom stereocenters. The third-order valence-corrected chi connectivity index (χ3v) is 6.21. The Bertz CT molecular complexity index is 309. The van der Waals surface area contributed by atoms with Crippen molar-refractivity contribution in [1.29, 1.82) is 0 Å². The number of hydrogen-bond acceptors (Lipinski definition) is 1. The average molecular weight is 222 g/mol. The van der Waals surface area contributed by atoms with Gasteiger partial charge in [0.2, 0.25) is 0 Å². The van der Waals surface area contributed by atoms with Gasteiger partial charge in [0.05, 0.1) is 11.2 Å². The summed E-state index contributed by atoms with van der Waals surface area (Å²) in [5, 5.41) is 0. The highest BCUT2D eigenvalue weighted by molar-refractivity contribution is 5.14. The summed E-state index contributed by atoms with van der Waals surface area (Å²) in [5.41, 5.74) is 0.815. The zero-order valence-corrected chi connectivity index (χ0v) is 11.3. The molecule has 4 atom stereocenters. The smallest absolute Gasteiger partial charge is 0.0772 e. The minimum Gasteiger partial charge on any atom is -0.368 e. The molecule has 3 fully saturated rings. The average Bonchev–Trinajstić information content (AvgIpc) is 2.42. The first-order chi connectivity index (χ1) is 7.40. The highest BCUT2D eigenvalue weighted by Crippen LogP contribution is 2.65. The fourth-order valence-corrected chi connectivity index (χ4v) is 4.99. The van der Waals surface area contributed by atoms with Crippen molar-refractivity contribution in [2.75, 3.05) is 0 Å². The zero-order chi connectivity index (χ0) is 11.6.